The molecule has 1 unspecified atom stereocenters. The van der Waals surface area contributed by atoms with Crippen molar-refractivity contribution in [2.75, 3.05) is 18.0 Å². The van der Waals surface area contributed by atoms with Gasteiger partial charge >= 0.3 is 0 Å². The largest absolute Gasteiger partial charge is 0.340 e. The molecule has 4 nitrogen and oxygen atoms in total. The summed E-state index contributed by atoms with van der Waals surface area (Å²) in [6.07, 6.45) is 5.23. The van der Waals surface area contributed by atoms with Gasteiger partial charge in [0.05, 0.1) is 0 Å². The second-order valence-corrected chi connectivity index (χ2v) is 8.16. The first-order valence-electron chi connectivity index (χ1n) is 9.59. The van der Waals surface area contributed by atoms with Gasteiger partial charge in [0.25, 0.3) is 0 Å². The van der Waals surface area contributed by atoms with Gasteiger partial charge in [-0.3, -0.25) is 9.59 Å². The Morgan fingerprint density at radius 2 is 2.00 bits per heavy atom. The summed E-state index contributed by atoms with van der Waals surface area (Å²) in [7, 11) is 0. The molecule has 2 aliphatic rings. The van der Waals surface area contributed by atoms with Crippen LogP contribution in [0.5, 0.6) is 0 Å². The van der Waals surface area contributed by atoms with Crippen LogP contribution < -0.4 is 4.90 Å². The smallest absolute Gasteiger partial charge is 0.227 e. The van der Waals surface area contributed by atoms with E-state index in [0.717, 1.165) is 31.5 Å². The SMILES string of the molecule is CC1CCCCN1C(=O)CCCN1C(=O)CC(C)(C)c2ccccc21. The van der Waals surface area contributed by atoms with E-state index in [1.807, 2.05) is 28.0 Å². The van der Waals surface area contributed by atoms with Crippen LogP contribution >= 0.6 is 0 Å². The lowest BCUT2D eigenvalue weighted by Gasteiger charge is -2.39. The number of fused-ring (bicyclic) bond motifs is 1. The average molecular weight is 342 g/mol. The minimum Gasteiger partial charge on any atom is -0.340 e. The number of hydrogen-bond donors (Lipinski definition) is 0. The molecule has 0 aliphatic carbocycles. The standard InChI is InChI=1S/C21H30N2O2/c1-16-9-6-7-13-22(16)19(24)12-8-14-23-18-11-5-4-10-17(18)21(2,3)15-20(23)25/h4-5,10-11,16H,6-9,12-15H2,1-3H3. The first-order chi connectivity index (χ1) is 11.9. The number of carbonyl (C=O) groups is 2. The van der Waals surface area contributed by atoms with Crippen molar-refractivity contribution in [3.05, 3.63) is 29.8 Å². The Labute approximate surface area is 151 Å². The van der Waals surface area contributed by atoms with Crippen LogP contribution in [0, 0.1) is 0 Å². The zero-order valence-electron chi connectivity index (χ0n) is 15.8. The summed E-state index contributed by atoms with van der Waals surface area (Å²) >= 11 is 0. The Balaban J connectivity index is 1.63. The van der Waals surface area contributed by atoms with Gasteiger partial charge in [-0.25, -0.2) is 0 Å². The molecule has 25 heavy (non-hydrogen) atoms. The third-order valence-electron chi connectivity index (χ3n) is 5.71. The monoisotopic (exact) mass is 342 g/mol. The number of piperidine rings is 1. The van der Waals surface area contributed by atoms with Crippen molar-refractivity contribution in [3.8, 4) is 0 Å². The average Bonchev–Trinajstić information content (AvgIpc) is 2.57. The fourth-order valence-corrected chi connectivity index (χ4v) is 4.23. The van der Waals surface area contributed by atoms with Crippen molar-refractivity contribution >= 4 is 17.5 Å². The molecule has 2 amide bonds. The van der Waals surface area contributed by atoms with Gasteiger partial charge in [-0.05, 0) is 44.2 Å². The maximum atomic E-state index is 12.6. The molecule has 1 aromatic carbocycles. The van der Waals surface area contributed by atoms with Gasteiger partial charge in [0.15, 0.2) is 0 Å². The van der Waals surface area contributed by atoms with Crippen LogP contribution in [0.15, 0.2) is 24.3 Å². The summed E-state index contributed by atoms with van der Waals surface area (Å²) in [6, 6.07) is 8.54. The van der Waals surface area contributed by atoms with Gasteiger partial charge in [0.1, 0.15) is 0 Å². The second kappa shape index (κ2) is 7.19. The van der Waals surface area contributed by atoms with E-state index in [0.29, 0.717) is 25.4 Å². The molecule has 0 saturated carbocycles. The van der Waals surface area contributed by atoms with Crippen molar-refractivity contribution in [3.63, 3.8) is 0 Å². The molecule has 3 rings (SSSR count). The Hall–Kier alpha value is -1.84. The Morgan fingerprint density at radius 3 is 2.76 bits per heavy atom. The fraction of sp³-hybridized carbons (Fsp3) is 0.619. The number of nitrogens with zero attached hydrogens (tertiary/aromatic N) is 2. The second-order valence-electron chi connectivity index (χ2n) is 8.16. The van der Waals surface area contributed by atoms with E-state index in [2.05, 4.69) is 26.8 Å². The maximum Gasteiger partial charge on any atom is 0.227 e. The highest BCUT2D eigenvalue weighted by Gasteiger charge is 2.36. The van der Waals surface area contributed by atoms with Gasteiger partial charge < -0.3 is 9.80 Å². The lowest BCUT2D eigenvalue weighted by Crippen LogP contribution is -2.44. The first-order valence-corrected chi connectivity index (χ1v) is 9.59. The van der Waals surface area contributed by atoms with Crippen LogP contribution in [0.3, 0.4) is 0 Å². The van der Waals surface area contributed by atoms with Crippen LogP contribution in [0.1, 0.15) is 64.9 Å². The quantitative estimate of drug-likeness (QED) is 0.833. The summed E-state index contributed by atoms with van der Waals surface area (Å²) in [5.74, 6) is 0.410. The predicted molar refractivity (Wildman–Crippen MR) is 101 cm³/mol. The topological polar surface area (TPSA) is 40.6 Å². The van der Waals surface area contributed by atoms with E-state index in [-0.39, 0.29) is 17.2 Å². The zero-order chi connectivity index (χ0) is 18.0. The number of benzene rings is 1. The van der Waals surface area contributed by atoms with Crippen LogP contribution in [-0.4, -0.2) is 35.8 Å². The molecule has 136 valence electrons. The van der Waals surface area contributed by atoms with Crippen molar-refractivity contribution < 1.29 is 9.59 Å². The lowest BCUT2D eigenvalue weighted by molar-refractivity contribution is -0.134. The number of likely N-dealkylation sites (tertiary alicyclic amines) is 1. The Kier molecular flexibility index (Phi) is 5.16. The van der Waals surface area contributed by atoms with Gasteiger partial charge in [-0.15, -0.1) is 0 Å². The fourth-order valence-electron chi connectivity index (χ4n) is 4.23. The first kappa shape index (κ1) is 18.0. The number of hydrogen-bond acceptors (Lipinski definition) is 2. The van der Waals surface area contributed by atoms with Crippen LogP contribution in [0.2, 0.25) is 0 Å². The molecule has 4 heteroatoms. The van der Waals surface area contributed by atoms with E-state index < -0.39 is 0 Å². The third kappa shape index (κ3) is 3.73. The third-order valence-corrected chi connectivity index (χ3v) is 5.71. The van der Waals surface area contributed by atoms with Crippen molar-refractivity contribution in [2.24, 2.45) is 0 Å². The summed E-state index contributed by atoms with van der Waals surface area (Å²) in [5.41, 5.74) is 2.12. The molecule has 0 radical (unpaired) electrons. The maximum absolute atomic E-state index is 12.6. The molecule has 1 aromatic rings. The van der Waals surface area contributed by atoms with Gasteiger partial charge in [-0.1, -0.05) is 32.0 Å². The van der Waals surface area contributed by atoms with Crippen molar-refractivity contribution in [1.82, 2.24) is 4.90 Å². The summed E-state index contributed by atoms with van der Waals surface area (Å²) in [5, 5.41) is 0. The molecule has 2 heterocycles. The molecular formula is C21H30N2O2. The number of amides is 2. The summed E-state index contributed by atoms with van der Waals surface area (Å²) < 4.78 is 0. The number of anilines is 1. The Morgan fingerprint density at radius 1 is 1.24 bits per heavy atom. The van der Waals surface area contributed by atoms with E-state index in [1.54, 1.807) is 0 Å². The highest BCUT2D eigenvalue weighted by atomic mass is 16.2. The highest BCUT2D eigenvalue weighted by Crippen LogP contribution is 2.40. The van der Waals surface area contributed by atoms with E-state index in [1.165, 1.54) is 12.0 Å². The van der Waals surface area contributed by atoms with Crippen LogP contribution in [-0.2, 0) is 15.0 Å². The lowest BCUT2D eigenvalue weighted by atomic mass is 9.77. The molecule has 2 aliphatic heterocycles. The van der Waals surface area contributed by atoms with Gasteiger partial charge in [0.2, 0.25) is 11.8 Å². The normalized spacial score (nSPS) is 22.7. The van der Waals surface area contributed by atoms with Crippen LogP contribution in [0.25, 0.3) is 0 Å². The highest BCUT2D eigenvalue weighted by molar-refractivity contribution is 5.97. The minimum atomic E-state index is -0.122. The minimum absolute atomic E-state index is 0.122. The molecule has 1 fully saturated rings. The zero-order valence-corrected chi connectivity index (χ0v) is 15.8. The van der Waals surface area contributed by atoms with Crippen LogP contribution in [0.4, 0.5) is 5.69 Å². The molecule has 0 aromatic heterocycles. The van der Waals surface area contributed by atoms with E-state index in [9.17, 15) is 9.59 Å². The van der Waals surface area contributed by atoms with Crippen molar-refractivity contribution in [2.45, 2.75) is 70.8 Å². The number of rotatable bonds is 4. The van der Waals surface area contributed by atoms with Gasteiger partial charge in [-0.2, -0.15) is 0 Å². The predicted octanol–water partition coefficient (Wildman–Crippen LogP) is 3.88. The molecule has 1 saturated heterocycles. The van der Waals surface area contributed by atoms with E-state index in [4.69, 9.17) is 0 Å². The molecule has 0 spiro atoms. The number of carbonyl (C=O) groups excluding carboxylic acids is 2. The molecule has 0 bridgehead atoms. The number of para-hydroxylation sites is 1. The van der Waals surface area contributed by atoms with Gasteiger partial charge in [0, 0.05) is 43.1 Å². The Bertz CT molecular complexity index is 653. The molecule has 1 atom stereocenters. The molecule has 0 N–H and O–H groups in total. The van der Waals surface area contributed by atoms with Crippen molar-refractivity contribution in [1.29, 1.82) is 0 Å². The molecular weight excluding hydrogens is 312 g/mol. The summed E-state index contributed by atoms with van der Waals surface area (Å²) in [6.45, 7) is 7.91. The van der Waals surface area contributed by atoms with E-state index >= 15 is 0 Å². The summed E-state index contributed by atoms with van der Waals surface area (Å²) in [4.78, 5) is 29.0.